The van der Waals surface area contributed by atoms with E-state index in [1.807, 2.05) is 18.2 Å². The molecule has 4 heteroatoms. The zero-order valence-electron chi connectivity index (χ0n) is 13.6. The van der Waals surface area contributed by atoms with Gasteiger partial charge in [0.25, 0.3) is 0 Å². The van der Waals surface area contributed by atoms with Crippen LogP contribution in [0.4, 0.5) is 0 Å². The molecule has 0 radical (unpaired) electrons. The number of rotatable bonds is 5. The van der Waals surface area contributed by atoms with E-state index in [0.717, 1.165) is 12.0 Å². The fraction of sp³-hybridized carbons (Fsp3) is 0.500. The van der Waals surface area contributed by atoms with Crippen molar-refractivity contribution < 1.29 is 14.3 Å². The van der Waals surface area contributed by atoms with Crippen LogP contribution < -0.4 is 14.8 Å². The average Bonchev–Trinajstić information content (AvgIpc) is 2.54. The van der Waals surface area contributed by atoms with Crippen molar-refractivity contribution in [3.8, 4) is 11.5 Å². The third-order valence-corrected chi connectivity index (χ3v) is 4.27. The van der Waals surface area contributed by atoms with Crippen LogP contribution in [-0.4, -0.2) is 26.2 Å². The number of hydrogen-bond donors (Lipinski definition) is 1. The predicted octanol–water partition coefficient (Wildman–Crippen LogP) is 3.41. The molecule has 1 saturated carbocycles. The molecule has 1 fully saturated rings. The van der Waals surface area contributed by atoms with Gasteiger partial charge in [-0.25, -0.2) is 0 Å². The quantitative estimate of drug-likeness (QED) is 0.848. The summed E-state index contributed by atoms with van der Waals surface area (Å²) in [6, 6.07) is 5.89. The number of methoxy groups -OCH3 is 2. The minimum absolute atomic E-state index is 0.0338. The highest BCUT2D eigenvalue weighted by Crippen LogP contribution is 2.28. The van der Waals surface area contributed by atoms with Gasteiger partial charge in [-0.15, -0.1) is 0 Å². The molecule has 1 amide bonds. The Balaban J connectivity index is 1.97. The largest absolute Gasteiger partial charge is 0.493 e. The van der Waals surface area contributed by atoms with E-state index in [1.165, 1.54) is 19.3 Å². The summed E-state index contributed by atoms with van der Waals surface area (Å²) in [5.74, 6) is 1.87. The minimum atomic E-state index is -0.0338. The molecule has 1 N–H and O–H groups in total. The number of carbonyl (C=O) groups is 1. The molecule has 0 unspecified atom stereocenters. The van der Waals surface area contributed by atoms with Crippen LogP contribution in [0.3, 0.4) is 0 Å². The molecule has 0 heterocycles. The van der Waals surface area contributed by atoms with Gasteiger partial charge in [0, 0.05) is 12.1 Å². The Bertz CT molecular complexity index is 539. The van der Waals surface area contributed by atoms with Gasteiger partial charge in [-0.2, -0.15) is 0 Å². The molecule has 22 heavy (non-hydrogen) atoms. The maximum atomic E-state index is 12.1. The van der Waals surface area contributed by atoms with Gasteiger partial charge in [0.2, 0.25) is 5.91 Å². The Morgan fingerprint density at radius 2 is 1.91 bits per heavy atom. The third-order valence-electron chi connectivity index (χ3n) is 4.27. The Morgan fingerprint density at radius 3 is 2.59 bits per heavy atom. The summed E-state index contributed by atoms with van der Waals surface area (Å²) in [7, 11) is 3.20. The zero-order chi connectivity index (χ0) is 15.9. The highest BCUT2D eigenvalue weighted by Gasteiger charge is 2.21. The van der Waals surface area contributed by atoms with Crippen LogP contribution in [0.5, 0.6) is 11.5 Å². The van der Waals surface area contributed by atoms with Crippen LogP contribution in [-0.2, 0) is 4.79 Å². The molecular weight excluding hydrogens is 278 g/mol. The zero-order valence-corrected chi connectivity index (χ0v) is 13.6. The average molecular weight is 303 g/mol. The summed E-state index contributed by atoms with van der Waals surface area (Å²) >= 11 is 0. The first kappa shape index (κ1) is 16.4. The summed E-state index contributed by atoms with van der Waals surface area (Å²) < 4.78 is 10.5. The molecule has 4 nitrogen and oxygen atoms in total. The van der Waals surface area contributed by atoms with E-state index in [9.17, 15) is 4.79 Å². The highest BCUT2D eigenvalue weighted by molar-refractivity contribution is 5.92. The second-order valence-electron chi connectivity index (χ2n) is 5.82. The lowest BCUT2D eigenvalue weighted by Crippen LogP contribution is -2.40. The topological polar surface area (TPSA) is 47.6 Å². The molecule has 0 spiro atoms. The molecule has 0 aliphatic heterocycles. The molecule has 2 atom stereocenters. The molecule has 120 valence electrons. The molecule has 1 aromatic carbocycles. The van der Waals surface area contributed by atoms with Crippen LogP contribution in [0.2, 0.25) is 0 Å². The first-order chi connectivity index (χ1) is 10.6. The fourth-order valence-corrected chi connectivity index (χ4v) is 2.89. The Hall–Kier alpha value is -1.97. The summed E-state index contributed by atoms with van der Waals surface area (Å²) in [6.07, 6.45) is 8.14. The van der Waals surface area contributed by atoms with Crippen molar-refractivity contribution in [1.82, 2.24) is 5.32 Å². The second kappa shape index (κ2) is 7.87. The van der Waals surface area contributed by atoms with Gasteiger partial charge in [0.15, 0.2) is 11.5 Å². The molecule has 1 aliphatic carbocycles. The SMILES string of the molecule is COc1ccc(/C=C/C(=O)N[C@@H]2CCCC[C@H]2C)cc1OC. The van der Waals surface area contributed by atoms with E-state index in [1.54, 1.807) is 26.4 Å². The molecule has 1 aromatic rings. The Morgan fingerprint density at radius 1 is 1.18 bits per heavy atom. The van der Waals surface area contributed by atoms with E-state index in [0.29, 0.717) is 23.5 Å². The molecule has 0 bridgehead atoms. The van der Waals surface area contributed by atoms with Gasteiger partial charge in [0.05, 0.1) is 14.2 Å². The van der Waals surface area contributed by atoms with Crippen molar-refractivity contribution in [2.75, 3.05) is 14.2 Å². The lowest BCUT2D eigenvalue weighted by atomic mass is 9.86. The van der Waals surface area contributed by atoms with Gasteiger partial charge in [-0.05, 0) is 42.5 Å². The molecule has 0 aromatic heterocycles. The lowest BCUT2D eigenvalue weighted by molar-refractivity contribution is -0.117. The van der Waals surface area contributed by atoms with Crippen LogP contribution in [0.1, 0.15) is 38.2 Å². The summed E-state index contributed by atoms with van der Waals surface area (Å²) in [4.78, 5) is 12.1. The number of nitrogens with one attached hydrogen (secondary N) is 1. The molecule has 0 saturated heterocycles. The van der Waals surface area contributed by atoms with E-state index in [-0.39, 0.29) is 5.91 Å². The van der Waals surface area contributed by atoms with Gasteiger partial charge in [0.1, 0.15) is 0 Å². The predicted molar refractivity (Wildman–Crippen MR) is 88.1 cm³/mol. The fourth-order valence-electron chi connectivity index (χ4n) is 2.89. The second-order valence-corrected chi connectivity index (χ2v) is 5.82. The maximum absolute atomic E-state index is 12.1. The van der Waals surface area contributed by atoms with Gasteiger partial charge in [-0.1, -0.05) is 25.8 Å². The van der Waals surface area contributed by atoms with E-state index in [2.05, 4.69) is 12.2 Å². The van der Waals surface area contributed by atoms with Crippen molar-refractivity contribution in [3.05, 3.63) is 29.8 Å². The molecular formula is C18H25NO3. The van der Waals surface area contributed by atoms with Crippen LogP contribution in [0, 0.1) is 5.92 Å². The summed E-state index contributed by atoms with van der Waals surface area (Å²) in [6.45, 7) is 2.21. The number of ether oxygens (including phenoxy) is 2. The number of hydrogen-bond acceptors (Lipinski definition) is 3. The smallest absolute Gasteiger partial charge is 0.244 e. The van der Waals surface area contributed by atoms with Crippen molar-refractivity contribution in [1.29, 1.82) is 0 Å². The van der Waals surface area contributed by atoms with Crippen molar-refractivity contribution in [2.24, 2.45) is 5.92 Å². The van der Waals surface area contributed by atoms with Crippen LogP contribution >= 0.6 is 0 Å². The monoisotopic (exact) mass is 303 g/mol. The minimum Gasteiger partial charge on any atom is -0.493 e. The molecule has 1 aliphatic rings. The van der Waals surface area contributed by atoms with Crippen LogP contribution in [0.15, 0.2) is 24.3 Å². The van der Waals surface area contributed by atoms with Gasteiger partial charge in [-0.3, -0.25) is 4.79 Å². The van der Waals surface area contributed by atoms with E-state index < -0.39 is 0 Å². The lowest BCUT2D eigenvalue weighted by Gasteiger charge is -2.29. The Labute approximate surface area is 132 Å². The molecule has 2 rings (SSSR count). The number of amides is 1. The highest BCUT2D eigenvalue weighted by atomic mass is 16.5. The van der Waals surface area contributed by atoms with Crippen LogP contribution in [0.25, 0.3) is 6.08 Å². The van der Waals surface area contributed by atoms with Crippen molar-refractivity contribution in [3.63, 3.8) is 0 Å². The summed E-state index contributed by atoms with van der Waals surface area (Å²) in [5, 5.41) is 3.11. The maximum Gasteiger partial charge on any atom is 0.244 e. The standard InChI is InChI=1S/C18H25NO3/c1-13-6-4-5-7-15(13)19-18(20)11-9-14-8-10-16(21-2)17(12-14)22-3/h8-13,15H,4-7H2,1-3H3,(H,19,20)/b11-9+/t13-,15-/m1/s1. The first-order valence-corrected chi connectivity index (χ1v) is 7.84. The van der Waals surface area contributed by atoms with Crippen molar-refractivity contribution >= 4 is 12.0 Å². The number of benzene rings is 1. The normalized spacial score (nSPS) is 21.6. The summed E-state index contributed by atoms with van der Waals surface area (Å²) in [5.41, 5.74) is 0.907. The first-order valence-electron chi connectivity index (χ1n) is 7.84. The van der Waals surface area contributed by atoms with Gasteiger partial charge < -0.3 is 14.8 Å². The number of carbonyl (C=O) groups excluding carboxylic acids is 1. The Kier molecular flexibility index (Phi) is 5.87. The van der Waals surface area contributed by atoms with E-state index in [4.69, 9.17) is 9.47 Å². The van der Waals surface area contributed by atoms with Gasteiger partial charge >= 0.3 is 0 Å². The van der Waals surface area contributed by atoms with E-state index >= 15 is 0 Å². The van der Waals surface area contributed by atoms with Crippen molar-refractivity contribution in [2.45, 2.75) is 38.6 Å². The third kappa shape index (κ3) is 4.26.